The van der Waals surface area contributed by atoms with Crippen molar-refractivity contribution in [3.8, 4) is 28.7 Å². The molecule has 0 saturated heterocycles. The molecular formula is C28H27Cl5N2O8. The third-order valence-electron chi connectivity index (χ3n) is 5.87. The minimum absolute atomic E-state index is 0.0143. The van der Waals surface area contributed by atoms with E-state index in [1.54, 1.807) is 12.1 Å². The van der Waals surface area contributed by atoms with Gasteiger partial charge in [0.05, 0.1) is 54.0 Å². The van der Waals surface area contributed by atoms with Crippen LogP contribution in [0.15, 0.2) is 36.4 Å². The summed E-state index contributed by atoms with van der Waals surface area (Å²) in [6.07, 6.45) is 1.66. The number of benzene rings is 3. The average molecular weight is 697 g/mol. The van der Waals surface area contributed by atoms with Crippen molar-refractivity contribution in [1.82, 2.24) is 10.1 Å². The van der Waals surface area contributed by atoms with Crippen LogP contribution >= 0.6 is 58.0 Å². The van der Waals surface area contributed by atoms with Crippen molar-refractivity contribution in [3.05, 3.63) is 72.6 Å². The van der Waals surface area contributed by atoms with Crippen molar-refractivity contribution in [2.24, 2.45) is 0 Å². The van der Waals surface area contributed by atoms with E-state index in [2.05, 4.69) is 0 Å². The lowest BCUT2D eigenvalue weighted by Crippen LogP contribution is -2.42. The molecule has 0 aliphatic rings. The Morgan fingerprint density at radius 2 is 1.40 bits per heavy atom. The molecule has 0 bridgehead atoms. The van der Waals surface area contributed by atoms with Crippen LogP contribution in [0.3, 0.4) is 0 Å². The second-order valence-corrected chi connectivity index (χ2v) is 10.9. The van der Waals surface area contributed by atoms with Crippen molar-refractivity contribution < 1.29 is 39.0 Å². The highest BCUT2D eigenvalue weighted by atomic mass is 35.5. The summed E-state index contributed by atoms with van der Waals surface area (Å²) in [5.74, 6) is -1.85. The quantitative estimate of drug-likeness (QED) is 0.0845. The van der Waals surface area contributed by atoms with Crippen molar-refractivity contribution in [2.75, 3.05) is 20.8 Å². The number of hydrogen-bond donors (Lipinski definition) is 2. The summed E-state index contributed by atoms with van der Waals surface area (Å²) in [7, 11) is 2.75. The standard InChI is InChI=1S/C28H27Cl5N2O8/c1-4-5-8-42-26-22(41-3)11-16(23(32)24(26)33)14-35(39)28(37)27(36)34(38)13-15-9-20(31)25(21(10-15)40-2)43-17-6-7-18(29)19(30)12-17/h6-7,9-12,38-39H,4-5,8,13-14H2,1-3H3. The van der Waals surface area contributed by atoms with Crippen LogP contribution < -0.4 is 18.9 Å². The van der Waals surface area contributed by atoms with Gasteiger partial charge in [0.2, 0.25) is 0 Å². The van der Waals surface area contributed by atoms with E-state index in [9.17, 15) is 20.0 Å². The van der Waals surface area contributed by atoms with E-state index in [4.69, 9.17) is 77.0 Å². The third kappa shape index (κ3) is 8.63. The average Bonchev–Trinajstić information content (AvgIpc) is 2.98. The second-order valence-electron chi connectivity index (χ2n) is 8.91. The number of hydrogen-bond acceptors (Lipinski definition) is 8. The summed E-state index contributed by atoms with van der Waals surface area (Å²) in [6.45, 7) is 1.32. The zero-order valence-corrected chi connectivity index (χ0v) is 26.9. The number of methoxy groups -OCH3 is 2. The van der Waals surface area contributed by atoms with E-state index in [-0.39, 0.29) is 64.3 Å². The van der Waals surface area contributed by atoms with Gasteiger partial charge in [-0.15, -0.1) is 0 Å². The summed E-state index contributed by atoms with van der Waals surface area (Å²) in [5.41, 5.74) is 0.434. The maximum Gasteiger partial charge on any atom is 0.337 e. The SMILES string of the molecule is CCCCOc1c(OC)cc(CN(O)C(=O)C(=O)N(O)Cc2cc(Cl)c(Oc3ccc(Cl)c(Cl)c3)c(OC)c2)c(Cl)c1Cl. The molecule has 3 rings (SSSR count). The second kappa shape index (κ2) is 15.8. The van der Waals surface area contributed by atoms with Gasteiger partial charge in [-0.2, -0.15) is 0 Å². The van der Waals surface area contributed by atoms with E-state index in [1.807, 2.05) is 6.92 Å². The molecule has 0 radical (unpaired) electrons. The van der Waals surface area contributed by atoms with Crippen molar-refractivity contribution in [2.45, 2.75) is 32.9 Å². The van der Waals surface area contributed by atoms with E-state index in [0.717, 1.165) is 12.8 Å². The molecular weight excluding hydrogens is 670 g/mol. The van der Waals surface area contributed by atoms with Crippen LogP contribution in [0.2, 0.25) is 25.1 Å². The normalized spacial score (nSPS) is 10.7. The topological polar surface area (TPSA) is 118 Å². The van der Waals surface area contributed by atoms with Gasteiger partial charge in [0.15, 0.2) is 23.0 Å². The molecule has 2 N–H and O–H groups in total. The summed E-state index contributed by atoms with van der Waals surface area (Å²) in [6, 6.07) is 8.86. The Morgan fingerprint density at radius 1 is 0.767 bits per heavy atom. The number of hydroxylamine groups is 4. The molecule has 0 aliphatic heterocycles. The van der Waals surface area contributed by atoms with Crippen LogP contribution in [-0.2, 0) is 22.7 Å². The Bertz CT molecular complexity index is 1490. The molecule has 0 aromatic heterocycles. The van der Waals surface area contributed by atoms with Crippen LogP contribution in [0.25, 0.3) is 0 Å². The molecule has 10 nitrogen and oxygen atoms in total. The molecule has 3 aromatic carbocycles. The molecule has 0 atom stereocenters. The molecule has 43 heavy (non-hydrogen) atoms. The predicted octanol–water partition coefficient (Wildman–Crippen LogP) is 8.08. The number of ether oxygens (including phenoxy) is 4. The maximum atomic E-state index is 12.7. The molecule has 3 aromatic rings. The van der Waals surface area contributed by atoms with E-state index in [0.29, 0.717) is 17.4 Å². The number of carbonyl (C=O) groups is 2. The highest BCUT2D eigenvalue weighted by Crippen LogP contribution is 2.43. The fraction of sp³-hybridized carbons (Fsp3) is 0.286. The van der Waals surface area contributed by atoms with E-state index >= 15 is 0 Å². The minimum Gasteiger partial charge on any atom is -0.493 e. The smallest absolute Gasteiger partial charge is 0.337 e. The van der Waals surface area contributed by atoms with Crippen molar-refractivity contribution in [1.29, 1.82) is 0 Å². The van der Waals surface area contributed by atoms with E-state index in [1.165, 1.54) is 38.5 Å². The lowest BCUT2D eigenvalue weighted by molar-refractivity contribution is -0.192. The van der Waals surface area contributed by atoms with Gasteiger partial charge < -0.3 is 18.9 Å². The Balaban J connectivity index is 1.72. The number of amides is 2. The molecule has 0 fully saturated rings. The van der Waals surface area contributed by atoms with Gasteiger partial charge in [0.1, 0.15) is 10.8 Å². The predicted molar refractivity (Wildman–Crippen MR) is 163 cm³/mol. The third-order valence-corrected chi connectivity index (χ3v) is 7.78. The maximum absolute atomic E-state index is 12.7. The molecule has 232 valence electrons. The van der Waals surface area contributed by atoms with Gasteiger partial charge in [-0.1, -0.05) is 71.3 Å². The van der Waals surface area contributed by atoms with Gasteiger partial charge in [0, 0.05) is 6.07 Å². The number of nitrogens with zero attached hydrogens (tertiary/aromatic N) is 2. The fourth-order valence-corrected chi connectivity index (χ4v) is 4.71. The van der Waals surface area contributed by atoms with Crippen molar-refractivity contribution >= 4 is 69.8 Å². The Kier molecular flexibility index (Phi) is 12.7. The van der Waals surface area contributed by atoms with Crippen LogP contribution in [0.4, 0.5) is 0 Å². The first-order valence-corrected chi connectivity index (χ1v) is 14.5. The first-order valence-electron chi connectivity index (χ1n) is 12.6. The molecule has 0 spiro atoms. The lowest BCUT2D eigenvalue weighted by Gasteiger charge is -2.21. The van der Waals surface area contributed by atoms with Crippen LogP contribution in [0.5, 0.6) is 28.7 Å². The van der Waals surface area contributed by atoms with Gasteiger partial charge in [-0.3, -0.25) is 20.0 Å². The number of rotatable bonds is 12. The monoisotopic (exact) mass is 694 g/mol. The largest absolute Gasteiger partial charge is 0.493 e. The molecule has 0 unspecified atom stereocenters. The molecule has 0 heterocycles. The molecule has 0 saturated carbocycles. The summed E-state index contributed by atoms with van der Waals surface area (Å²) in [5, 5.41) is 21.6. The summed E-state index contributed by atoms with van der Waals surface area (Å²) >= 11 is 31.1. The molecule has 15 heteroatoms. The van der Waals surface area contributed by atoms with Gasteiger partial charge in [0.25, 0.3) is 0 Å². The first kappa shape index (κ1) is 34.7. The number of halogens is 5. The van der Waals surface area contributed by atoms with Crippen LogP contribution in [0, 0.1) is 0 Å². The van der Waals surface area contributed by atoms with Gasteiger partial charge in [-0.25, -0.2) is 10.1 Å². The minimum atomic E-state index is -1.45. The zero-order chi connectivity index (χ0) is 31.8. The number of unbranched alkanes of at least 4 members (excludes halogenated alkanes) is 1. The Morgan fingerprint density at radius 3 is 2.00 bits per heavy atom. The highest BCUT2D eigenvalue weighted by molar-refractivity contribution is 6.44. The summed E-state index contributed by atoms with van der Waals surface area (Å²) < 4.78 is 22.1. The van der Waals surface area contributed by atoms with Crippen LogP contribution in [0.1, 0.15) is 30.9 Å². The van der Waals surface area contributed by atoms with Crippen LogP contribution in [-0.4, -0.2) is 53.2 Å². The van der Waals surface area contributed by atoms with Gasteiger partial charge >= 0.3 is 11.8 Å². The first-order chi connectivity index (χ1) is 20.4. The molecule has 2 amide bonds. The Labute approximate surface area is 273 Å². The van der Waals surface area contributed by atoms with Crippen molar-refractivity contribution in [3.63, 3.8) is 0 Å². The molecule has 0 aliphatic carbocycles. The lowest BCUT2D eigenvalue weighted by atomic mass is 10.2. The van der Waals surface area contributed by atoms with Gasteiger partial charge in [-0.05, 0) is 47.9 Å². The fourth-order valence-electron chi connectivity index (χ4n) is 3.68. The number of carbonyl (C=O) groups excluding carboxylic acids is 2. The zero-order valence-electron chi connectivity index (χ0n) is 23.1. The Hall–Kier alpha value is -2.83. The van der Waals surface area contributed by atoms with E-state index < -0.39 is 24.9 Å². The summed E-state index contributed by atoms with van der Waals surface area (Å²) in [4.78, 5) is 25.3. The highest BCUT2D eigenvalue weighted by Gasteiger charge is 2.28.